The molecule has 1 aromatic rings. The van der Waals surface area contributed by atoms with E-state index in [9.17, 15) is 25.0 Å². The molecule has 0 aliphatic heterocycles. The van der Waals surface area contributed by atoms with E-state index in [0.29, 0.717) is 0 Å². The number of amides is 1. The zero-order chi connectivity index (χ0) is 14.6. The summed E-state index contributed by atoms with van der Waals surface area (Å²) in [4.78, 5) is 32.6. The zero-order valence-corrected chi connectivity index (χ0v) is 9.90. The van der Waals surface area contributed by atoms with Crippen molar-refractivity contribution < 1.29 is 14.6 Å². The third-order valence-corrected chi connectivity index (χ3v) is 2.29. The molecule has 1 aromatic carbocycles. The van der Waals surface area contributed by atoms with Gasteiger partial charge in [-0.2, -0.15) is 0 Å². The fraction of sp³-hybridized carbons (Fsp3) is 0.182. The van der Waals surface area contributed by atoms with Crippen LogP contribution in [0.25, 0.3) is 0 Å². The molecule has 0 atom stereocenters. The molecule has 0 fully saturated rings. The van der Waals surface area contributed by atoms with Crippen molar-refractivity contribution in [3.05, 3.63) is 44.0 Å². The highest BCUT2D eigenvalue weighted by atomic mass is 16.6. The Labute approximate surface area is 107 Å². The number of benzene rings is 1. The van der Waals surface area contributed by atoms with E-state index in [1.807, 2.05) is 0 Å². The van der Waals surface area contributed by atoms with E-state index in [0.717, 1.165) is 18.2 Å². The first-order valence-corrected chi connectivity index (χ1v) is 5.00. The van der Waals surface area contributed by atoms with E-state index < -0.39 is 27.1 Å². The number of nitro benzene ring substituents is 2. The minimum absolute atomic E-state index is 0.0314. The van der Waals surface area contributed by atoms with Crippen molar-refractivity contribution in [1.82, 2.24) is 4.90 Å². The monoisotopic (exact) mass is 263 g/mol. The number of rotatable bonds is 4. The zero-order valence-electron chi connectivity index (χ0n) is 9.90. The van der Waals surface area contributed by atoms with Crippen molar-refractivity contribution in [2.75, 3.05) is 13.6 Å². The Morgan fingerprint density at radius 2 is 1.89 bits per heavy atom. The lowest BCUT2D eigenvalue weighted by atomic mass is 10.1. The van der Waals surface area contributed by atoms with Gasteiger partial charge in [-0.15, -0.1) is 6.42 Å². The number of hydrogen-bond donors (Lipinski definition) is 0. The van der Waals surface area contributed by atoms with Gasteiger partial charge in [-0.05, 0) is 6.07 Å². The summed E-state index contributed by atoms with van der Waals surface area (Å²) >= 11 is 0. The lowest BCUT2D eigenvalue weighted by Gasteiger charge is -2.13. The van der Waals surface area contributed by atoms with Gasteiger partial charge in [0.25, 0.3) is 5.91 Å². The maximum atomic E-state index is 11.8. The highest BCUT2D eigenvalue weighted by Crippen LogP contribution is 2.27. The molecule has 0 aliphatic rings. The van der Waals surface area contributed by atoms with E-state index in [-0.39, 0.29) is 12.1 Å². The standard InChI is InChI=1S/C11H9N3O5/c1-3-6-12(2)11(15)8-4-5-9(13(16)17)10(7-8)14(18)19/h1,4-5,7H,6H2,2H3. The highest BCUT2D eigenvalue weighted by Gasteiger charge is 2.26. The summed E-state index contributed by atoms with van der Waals surface area (Å²) in [5, 5.41) is 21.4. The van der Waals surface area contributed by atoms with Crippen LogP contribution >= 0.6 is 0 Å². The SMILES string of the molecule is C#CCN(C)C(=O)c1ccc([N+](=O)[O-])c([N+](=O)[O-])c1. The van der Waals surface area contributed by atoms with Crippen LogP contribution in [0.4, 0.5) is 11.4 Å². The van der Waals surface area contributed by atoms with Crippen LogP contribution in [0, 0.1) is 32.6 Å². The van der Waals surface area contributed by atoms with Gasteiger partial charge in [0.2, 0.25) is 0 Å². The lowest BCUT2D eigenvalue weighted by molar-refractivity contribution is -0.422. The maximum absolute atomic E-state index is 11.8. The molecule has 0 heterocycles. The molecule has 0 bridgehead atoms. The summed E-state index contributed by atoms with van der Waals surface area (Å²) < 4.78 is 0. The van der Waals surface area contributed by atoms with Crippen molar-refractivity contribution in [2.24, 2.45) is 0 Å². The average molecular weight is 263 g/mol. The highest BCUT2D eigenvalue weighted by molar-refractivity contribution is 5.95. The van der Waals surface area contributed by atoms with Gasteiger partial charge in [-0.1, -0.05) is 5.92 Å². The maximum Gasteiger partial charge on any atom is 0.346 e. The first-order valence-electron chi connectivity index (χ1n) is 5.00. The topological polar surface area (TPSA) is 107 Å². The molecular formula is C11H9N3O5. The molecule has 0 aromatic heterocycles. The number of carbonyl (C=O) groups excluding carboxylic acids is 1. The van der Waals surface area contributed by atoms with Crippen molar-refractivity contribution in [3.8, 4) is 12.3 Å². The second-order valence-electron chi connectivity index (χ2n) is 3.58. The largest absolute Gasteiger partial charge is 0.346 e. The average Bonchev–Trinajstić information content (AvgIpc) is 2.37. The lowest BCUT2D eigenvalue weighted by Crippen LogP contribution is -2.27. The molecule has 0 saturated heterocycles. The third-order valence-electron chi connectivity index (χ3n) is 2.29. The van der Waals surface area contributed by atoms with E-state index in [1.54, 1.807) is 0 Å². The van der Waals surface area contributed by atoms with Crippen molar-refractivity contribution in [2.45, 2.75) is 0 Å². The smallest absolute Gasteiger partial charge is 0.331 e. The Hall–Kier alpha value is -2.95. The van der Waals surface area contributed by atoms with Gasteiger partial charge in [-0.25, -0.2) is 0 Å². The predicted octanol–water partition coefficient (Wildman–Crippen LogP) is 1.21. The number of hydrogen-bond acceptors (Lipinski definition) is 5. The quantitative estimate of drug-likeness (QED) is 0.461. The molecule has 8 nitrogen and oxygen atoms in total. The van der Waals surface area contributed by atoms with Crippen LogP contribution in [-0.4, -0.2) is 34.2 Å². The molecule has 19 heavy (non-hydrogen) atoms. The molecule has 0 unspecified atom stereocenters. The summed E-state index contributed by atoms with van der Waals surface area (Å²) in [7, 11) is 1.43. The van der Waals surface area contributed by atoms with Gasteiger partial charge >= 0.3 is 11.4 Å². The van der Waals surface area contributed by atoms with Gasteiger partial charge in [0, 0.05) is 24.7 Å². The Morgan fingerprint density at radius 3 is 2.37 bits per heavy atom. The van der Waals surface area contributed by atoms with E-state index >= 15 is 0 Å². The number of nitrogens with zero attached hydrogens (tertiary/aromatic N) is 3. The normalized spacial score (nSPS) is 9.47. The number of terminal acetylenes is 1. The van der Waals surface area contributed by atoms with E-state index in [2.05, 4.69) is 5.92 Å². The first-order chi connectivity index (χ1) is 8.88. The van der Waals surface area contributed by atoms with Crippen LogP contribution in [-0.2, 0) is 0 Å². The molecule has 0 radical (unpaired) electrons. The Bertz CT molecular complexity index is 590. The molecule has 0 spiro atoms. The van der Waals surface area contributed by atoms with Crippen LogP contribution < -0.4 is 0 Å². The fourth-order valence-corrected chi connectivity index (χ4v) is 1.39. The second-order valence-corrected chi connectivity index (χ2v) is 3.58. The van der Waals surface area contributed by atoms with Gasteiger partial charge < -0.3 is 4.90 Å². The molecule has 0 aliphatic carbocycles. The van der Waals surface area contributed by atoms with Gasteiger partial charge in [0.15, 0.2) is 0 Å². The summed E-state index contributed by atoms with van der Waals surface area (Å²) in [6.45, 7) is 0.0314. The minimum atomic E-state index is -0.907. The predicted molar refractivity (Wildman–Crippen MR) is 65.5 cm³/mol. The van der Waals surface area contributed by atoms with Gasteiger partial charge in [-0.3, -0.25) is 25.0 Å². The Kier molecular flexibility index (Phi) is 4.15. The van der Waals surface area contributed by atoms with Crippen LogP contribution in [0.3, 0.4) is 0 Å². The van der Waals surface area contributed by atoms with Crippen molar-refractivity contribution in [1.29, 1.82) is 0 Å². The van der Waals surface area contributed by atoms with Crippen LogP contribution in [0.2, 0.25) is 0 Å². The van der Waals surface area contributed by atoms with Crippen LogP contribution in [0.1, 0.15) is 10.4 Å². The summed E-state index contributed by atoms with van der Waals surface area (Å²) in [6, 6.07) is 2.95. The molecule has 1 amide bonds. The van der Waals surface area contributed by atoms with Crippen molar-refractivity contribution in [3.63, 3.8) is 0 Å². The Morgan fingerprint density at radius 1 is 1.32 bits per heavy atom. The molecule has 0 N–H and O–H groups in total. The fourth-order valence-electron chi connectivity index (χ4n) is 1.39. The minimum Gasteiger partial charge on any atom is -0.331 e. The Balaban J connectivity index is 3.23. The summed E-state index contributed by atoms with van der Waals surface area (Å²) in [5.74, 6) is 1.70. The molecule has 98 valence electrons. The second kappa shape index (κ2) is 5.59. The van der Waals surface area contributed by atoms with E-state index in [1.165, 1.54) is 11.9 Å². The molecular weight excluding hydrogens is 254 g/mol. The molecule has 0 saturated carbocycles. The third kappa shape index (κ3) is 3.04. The molecule has 8 heteroatoms. The van der Waals surface area contributed by atoms with E-state index in [4.69, 9.17) is 6.42 Å². The van der Waals surface area contributed by atoms with Crippen LogP contribution in [0.5, 0.6) is 0 Å². The van der Waals surface area contributed by atoms with Gasteiger partial charge in [0.05, 0.1) is 16.4 Å². The molecule has 1 rings (SSSR count). The first kappa shape index (κ1) is 14.1. The number of nitro groups is 2. The van der Waals surface area contributed by atoms with Crippen molar-refractivity contribution >= 4 is 17.3 Å². The summed E-state index contributed by atoms with van der Waals surface area (Å²) in [6.07, 6.45) is 5.05. The number of carbonyl (C=O) groups is 1. The van der Waals surface area contributed by atoms with Crippen LogP contribution in [0.15, 0.2) is 18.2 Å². The summed E-state index contributed by atoms with van der Waals surface area (Å²) in [5.41, 5.74) is -1.43. The van der Waals surface area contributed by atoms with Gasteiger partial charge in [0.1, 0.15) is 0 Å².